The minimum absolute atomic E-state index is 0.0361. The third-order valence-electron chi connectivity index (χ3n) is 2.32. The zero-order chi connectivity index (χ0) is 13.9. The Morgan fingerprint density at radius 3 is 2.68 bits per heavy atom. The Bertz CT molecular complexity index is 461. The SMILES string of the molecule is C=C/C=C(\C=C/CCSc1ccccc1)CC(=O)O. The third-order valence-corrected chi connectivity index (χ3v) is 3.36. The van der Waals surface area contributed by atoms with Crippen molar-refractivity contribution in [1.29, 1.82) is 0 Å². The molecule has 0 unspecified atom stereocenters. The van der Waals surface area contributed by atoms with E-state index in [1.165, 1.54) is 4.90 Å². The Balaban J connectivity index is 2.34. The van der Waals surface area contributed by atoms with Gasteiger partial charge in [0.15, 0.2) is 0 Å². The van der Waals surface area contributed by atoms with Crippen LogP contribution in [0.5, 0.6) is 0 Å². The molecule has 0 aliphatic rings. The van der Waals surface area contributed by atoms with Crippen molar-refractivity contribution < 1.29 is 9.90 Å². The normalized spacial score (nSPS) is 11.7. The van der Waals surface area contributed by atoms with Gasteiger partial charge < -0.3 is 5.11 Å². The Kier molecular flexibility index (Phi) is 7.44. The highest BCUT2D eigenvalue weighted by Crippen LogP contribution is 2.18. The van der Waals surface area contributed by atoms with Gasteiger partial charge in [-0.05, 0) is 24.1 Å². The predicted octanol–water partition coefficient (Wildman–Crippen LogP) is 4.31. The zero-order valence-corrected chi connectivity index (χ0v) is 11.6. The van der Waals surface area contributed by atoms with Crippen molar-refractivity contribution in [3.05, 3.63) is 66.8 Å². The monoisotopic (exact) mass is 274 g/mol. The number of benzene rings is 1. The van der Waals surface area contributed by atoms with Gasteiger partial charge in [0, 0.05) is 10.6 Å². The number of carboxylic acids is 1. The molecule has 0 spiro atoms. The molecule has 0 aliphatic carbocycles. The molecule has 0 bridgehead atoms. The number of allylic oxidation sites excluding steroid dienone is 4. The maximum absolute atomic E-state index is 10.6. The smallest absolute Gasteiger partial charge is 0.307 e. The van der Waals surface area contributed by atoms with Gasteiger partial charge in [0.2, 0.25) is 0 Å². The maximum Gasteiger partial charge on any atom is 0.307 e. The topological polar surface area (TPSA) is 37.3 Å². The molecule has 0 aliphatic heterocycles. The van der Waals surface area contributed by atoms with E-state index in [2.05, 4.69) is 18.7 Å². The summed E-state index contributed by atoms with van der Waals surface area (Å²) in [6, 6.07) is 10.2. The summed E-state index contributed by atoms with van der Waals surface area (Å²) < 4.78 is 0. The van der Waals surface area contributed by atoms with Crippen molar-refractivity contribution >= 4 is 17.7 Å². The Labute approximate surface area is 118 Å². The molecule has 0 heterocycles. The molecular weight excluding hydrogens is 256 g/mol. The van der Waals surface area contributed by atoms with Gasteiger partial charge in [-0.25, -0.2) is 0 Å². The molecule has 0 saturated heterocycles. The number of carboxylic acid groups (broad SMARTS) is 1. The van der Waals surface area contributed by atoms with Crippen LogP contribution in [0.25, 0.3) is 0 Å². The lowest BCUT2D eigenvalue weighted by Gasteiger charge is -1.99. The van der Waals surface area contributed by atoms with E-state index in [1.807, 2.05) is 30.4 Å². The first kappa shape index (κ1) is 15.3. The van der Waals surface area contributed by atoms with Crippen LogP contribution < -0.4 is 0 Å². The molecule has 1 aromatic rings. The van der Waals surface area contributed by atoms with Crippen molar-refractivity contribution in [1.82, 2.24) is 0 Å². The molecule has 0 fully saturated rings. The third kappa shape index (κ3) is 7.32. The molecule has 1 N–H and O–H groups in total. The molecule has 0 atom stereocenters. The first-order valence-corrected chi connectivity index (χ1v) is 7.08. The van der Waals surface area contributed by atoms with E-state index < -0.39 is 5.97 Å². The number of rotatable bonds is 8. The Morgan fingerprint density at radius 1 is 1.32 bits per heavy atom. The number of hydrogen-bond acceptors (Lipinski definition) is 2. The van der Waals surface area contributed by atoms with E-state index in [0.29, 0.717) is 0 Å². The molecule has 100 valence electrons. The number of carbonyl (C=O) groups is 1. The number of hydrogen-bond donors (Lipinski definition) is 1. The lowest BCUT2D eigenvalue weighted by Crippen LogP contribution is -1.95. The molecule has 3 heteroatoms. The first-order valence-electron chi connectivity index (χ1n) is 6.10. The summed E-state index contributed by atoms with van der Waals surface area (Å²) >= 11 is 1.79. The van der Waals surface area contributed by atoms with Crippen LogP contribution >= 0.6 is 11.8 Å². The van der Waals surface area contributed by atoms with Crippen LogP contribution in [0.15, 0.2) is 71.7 Å². The standard InChI is InChI=1S/C16H18O2S/c1-2-8-14(13-16(17)18)9-6-7-12-19-15-10-4-3-5-11-15/h2-6,8-11H,1,7,12-13H2,(H,17,18)/b9-6-,14-8+. The minimum atomic E-state index is -0.823. The number of thioether (sulfide) groups is 1. The Hall–Kier alpha value is -1.74. The van der Waals surface area contributed by atoms with Crippen molar-refractivity contribution in [3.63, 3.8) is 0 Å². The summed E-state index contributed by atoms with van der Waals surface area (Å²) in [6.07, 6.45) is 8.16. The molecule has 0 amide bonds. The van der Waals surface area contributed by atoms with Crippen LogP contribution in [-0.2, 0) is 4.79 Å². The van der Waals surface area contributed by atoms with Crippen LogP contribution in [-0.4, -0.2) is 16.8 Å². The maximum atomic E-state index is 10.6. The van der Waals surface area contributed by atoms with Gasteiger partial charge >= 0.3 is 5.97 Å². The van der Waals surface area contributed by atoms with E-state index in [1.54, 1.807) is 23.9 Å². The summed E-state index contributed by atoms with van der Waals surface area (Å²) in [7, 11) is 0. The summed E-state index contributed by atoms with van der Waals surface area (Å²) in [6.45, 7) is 3.58. The van der Waals surface area contributed by atoms with Crippen LogP contribution in [0, 0.1) is 0 Å². The lowest BCUT2D eigenvalue weighted by molar-refractivity contribution is -0.136. The van der Waals surface area contributed by atoms with E-state index in [-0.39, 0.29) is 6.42 Å². The average molecular weight is 274 g/mol. The zero-order valence-electron chi connectivity index (χ0n) is 10.8. The highest BCUT2D eigenvalue weighted by atomic mass is 32.2. The van der Waals surface area contributed by atoms with Gasteiger partial charge in [0.1, 0.15) is 0 Å². The van der Waals surface area contributed by atoms with E-state index >= 15 is 0 Å². The van der Waals surface area contributed by atoms with Gasteiger partial charge in [-0.3, -0.25) is 4.79 Å². The molecule has 0 saturated carbocycles. The molecular formula is C16H18O2S. The molecule has 0 aromatic heterocycles. The van der Waals surface area contributed by atoms with Crippen LogP contribution in [0.3, 0.4) is 0 Å². The van der Waals surface area contributed by atoms with E-state index in [0.717, 1.165) is 17.7 Å². The predicted molar refractivity (Wildman–Crippen MR) is 81.5 cm³/mol. The Morgan fingerprint density at radius 2 is 2.05 bits per heavy atom. The lowest BCUT2D eigenvalue weighted by atomic mass is 10.1. The summed E-state index contributed by atoms with van der Waals surface area (Å²) in [5.74, 6) is 0.158. The van der Waals surface area contributed by atoms with Crippen LogP contribution in [0.2, 0.25) is 0 Å². The van der Waals surface area contributed by atoms with Crippen LogP contribution in [0.1, 0.15) is 12.8 Å². The molecule has 19 heavy (non-hydrogen) atoms. The second-order valence-corrected chi connectivity index (χ2v) is 5.07. The van der Waals surface area contributed by atoms with Crippen molar-refractivity contribution in [2.75, 3.05) is 5.75 Å². The highest BCUT2D eigenvalue weighted by molar-refractivity contribution is 7.99. The second-order valence-electron chi connectivity index (χ2n) is 3.90. The van der Waals surface area contributed by atoms with Gasteiger partial charge in [0.05, 0.1) is 6.42 Å². The fourth-order valence-corrected chi connectivity index (χ4v) is 2.33. The second kappa shape index (κ2) is 9.22. The van der Waals surface area contributed by atoms with Gasteiger partial charge in [-0.2, -0.15) is 0 Å². The molecule has 0 radical (unpaired) electrons. The van der Waals surface area contributed by atoms with Crippen molar-refractivity contribution in [2.45, 2.75) is 17.7 Å². The summed E-state index contributed by atoms with van der Waals surface area (Å²) in [5, 5.41) is 8.75. The van der Waals surface area contributed by atoms with Gasteiger partial charge in [-0.15, -0.1) is 11.8 Å². The van der Waals surface area contributed by atoms with Gasteiger partial charge in [-0.1, -0.05) is 49.1 Å². The fraction of sp³-hybridized carbons (Fsp3) is 0.188. The largest absolute Gasteiger partial charge is 0.481 e. The number of aliphatic carboxylic acids is 1. The molecule has 1 aromatic carbocycles. The first-order chi connectivity index (χ1) is 9.22. The average Bonchev–Trinajstić information content (AvgIpc) is 2.39. The van der Waals surface area contributed by atoms with E-state index in [9.17, 15) is 4.79 Å². The molecule has 2 nitrogen and oxygen atoms in total. The van der Waals surface area contributed by atoms with Crippen LogP contribution in [0.4, 0.5) is 0 Å². The van der Waals surface area contributed by atoms with Crippen molar-refractivity contribution in [3.8, 4) is 0 Å². The van der Waals surface area contributed by atoms with E-state index in [4.69, 9.17) is 5.11 Å². The van der Waals surface area contributed by atoms with Gasteiger partial charge in [0.25, 0.3) is 0 Å². The highest BCUT2D eigenvalue weighted by Gasteiger charge is 1.99. The summed E-state index contributed by atoms with van der Waals surface area (Å²) in [4.78, 5) is 11.9. The fourth-order valence-electron chi connectivity index (χ4n) is 1.50. The minimum Gasteiger partial charge on any atom is -0.481 e. The quantitative estimate of drug-likeness (QED) is 0.436. The van der Waals surface area contributed by atoms with Crippen molar-refractivity contribution in [2.24, 2.45) is 0 Å². The summed E-state index contributed by atoms with van der Waals surface area (Å²) in [5.41, 5.74) is 0.771. The molecule has 1 rings (SSSR count).